The van der Waals surface area contributed by atoms with Crippen LogP contribution in [0.15, 0.2) is 27.8 Å². The molecule has 3 heterocycles. The summed E-state index contributed by atoms with van der Waals surface area (Å²) in [5.74, 6) is 0.556. The summed E-state index contributed by atoms with van der Waals surface area (Å²) in [6, 6.07) is 6.02. The number of fused-ring (bicyclic) bond motifs is 3. The molecule has 4 aromatic rings. The highest BCUT2D eigenvalue weighted by molar-refractivity contribution is 5.76. The first-order valence-corrected chi connectivity index (χ1v) is 9.61. The van der Waals surface area contributed by atoms with Gasteiger partial charge in [-0.25, -0.2) is 4.79 Å². The quantitative estimate of drug-likeness (QED) is 0.566. The van der Waals surface area contributed by atoms with Crippen molar-refractivity contribution in [1.82, 2.24) is 23.1 Å². The van der Waals surface area contributed by atoms with Gasteiger partial charge in [-0.2, -0.15) is 4.98 Å². The van der Waals surface area contributed by atoms with E-state index < -0.39 is 5.69 Å². The van der Waals surface area contributed by atoms with Crippen molar-refractivity contribution in [2.24, 2.45) is 7.05 Å². The maximum absolute atomic E-state index is 13.4. The summed E-state index contributed by atoms with van der Waals surface area (Å²) in [7, 11) is 1.63. The number of aliphatic hydroxyl groups is 1. The Morgan fingerprint density at radius 3 is 2.45 bits per heavy atom. The molecule has 0 fully saturated rings. The largest absolute Gasteiger partial charge is 0.395 e. The van der Waals surface area contributed by atoms with Crippen molar-refractivity contribution in [3.8, 4) is 0 Å². The molecule has 29 heavy (non-hydrogen) atoms. The highest BCUT2D eigenvalue weighted by Gasteiger charge is 2.22. The second-order valence-electron chi connectivity index (χ2n) is 7.63. The zero-order chi connectivity index (χ0) is 21.0. The summed E-state index contributed by atoms with van der Waals surface area (Å²) in [4.78, 5) is 31.0. The third-order valence-corrected chi connectivity index (χ3v) is 5.79. The summed E-state index contributed by atoms with van der Waals surface area (Å²) in [5, 5.41) is 9.42. The highest BCUT2D eigenvalue weighted by Crippen LogP contribution is 2.20. The molecule has 0 saturated heterocycles. The Labute approximate surface area is 167 Å². The van der Waals surface area contributed by atoms with Crippen molar-refractivity contribution in [2.45, 2.75) is 40.8 Å². The molecule has 152 valence electrons. The SMILES string of the molecule is Cc1ccc(C)c(Cn2c(=O)c3c(nc4n(CCO)c(C)c(C)n34)n(C)c2=O)c1. The van der Waals surface area contributed by atoms with Crippen LogP contribution >= 0.6 is 0 Å². The third kappa shape index (κ3) is 2.74. The fourth-order valence-corrected chi connectivity index (χ4v) is 3.96. The first-order chi connectivity index (χ1) is 13.8. The topological polar surface area (TPSA) is 86.5 Å². The molecule has 1 aromatic carbocycles. The monoisotopic (exact) mass is 395 g/mol. The van der Waals surface area contributed by atoms with Crippen LogP contribution in [0.25, 0.3) is 16.9 Å². The van der Waals surface area contributed by atoms with Gasteiger partial charge in [-0.1, -0.05) is 23.8 Å². The smallest absolute Gasteiger partial charge is 0.332 e. The molecule has 0 aliphatic rings. The van der Waals surface area contributed by atoms with Crippen LogP contribution in [0.5, 0.6) is 0 Å². The van der Waals surface area contributed by atoms with Crippen LogP contribution < -0.4 is 11.2 Å². The predicted molar refractivity (Wildman–Crippen MR) is 112 cm³/mol. The third-order valence-electron chi connectivity index (χ3n) is 5.79. The second kappa shape index (κ2) is 6.73. The van der Waals surface area contributed by atoms with Gasteiger partial charge >= 0.3 is 5.69 Å². The summed E-state index contributed by atoms with van der Waals surface area (Å²) < 4.78 is 6.36. The molecule has 0 aliphatic carbocycles. The lowest BCUT2D eigenvalue weighted by Crippen LogP contribution is -2.39. The predicted octanol–water partition coefficient (Wildman–Crippen LogP) is 1.42. The lowest BCUT2D eigenvalue weighted by atomic mass is 10.1. The first-order valence-electron chi connectivity index (χ1n) is 9.61. The van der Waals surface area contributed by atoms with E-state index in [1.165, 1.54) is 9.13 Å². The van der Waals surface area contributed by atoms with Crippen molar-refractivity contribution in [3.05, 3.63) is 67.1 Å². The molecule has 0 amide bonds. The Hall–Kier alpha value is -3.13. The van der Waals surface area contributed by atoms with Crippen LogP contribution in [-0.2, 0) is 20.1 Å². The van der Waals surface area contributed by atoms with Crippen LogP contribution in [0.1, 0.15) is 28.1 Å². The number of hydrogen-bond acceptors (Lipinski definition) is 4. The Balaban J connectivity index is 2.06. The highest BCUT2D eigenvalue weighted by atomic mass is 16.3. The van der Waals surface area contributed by atoms with Gasteiger partial charge in [-0.3, -0.25) is 18.3 Å². The number of imidazole rings is 2. The summed E-state index contributed by atoms with van der Waals surface area (Å²) in [6.07, 6.45) is 0. The number of aromatic nitrogens is 5. The van der Waals surface area contributed by atoms with Gasteiger partial charge in [-0.05, 0) is 38.8 Å². The van der Waals surface area contributed by atoms with Crippen molar-refractivity contribution < 1.29 is 5.11 Å². The number of aliphatic hydroxyl groups excluding tert-OH is 1. The number of nitrogens with zero attached hydrogens (tertiary/aromatic N) is 5. The van der Waals surface area contributed by atoms with E-state index in [2.05, 4.69) is 4.98 Å². The minimum absolute atomic E-state index is 0.0381. The van der Waals surface area contributed by atoms with E-state index in [4.69, 9.17) is 0 Å². The molecule has 0 bridgehead atoms. The number of rotatable bonds is 4. The average molecular weight is 395 g/mol. The fraction of sp³-hybridized carbons (Fsp3) is 0.381. The van der Waals surface area contributed by atoms with Gasteiger partial charge < -0.3 is 9.67 Å². The molecule has 8 nitrogen and oxygen atoms in total. The van der Waals surface area contributed by atoms with Crippen LogP contribution in [0.2, 0.25) is 0 Å². The molecule has 3 aromatic heterocycles. The lowest BCUT2D eigenvalue weighted by Gasteiger charge is -2.11. The fourth-order valence-electron chi connectivity index (χ4n) is 3.96. The van der Waals surface area contributed by atoms with E-state index in [9.17, 15) is 14.7 Å². The van der Waals surface area contributed by atoms with E-state index in [1.807, 2.05) is 50.5 Å². The minimum atomic E-state index is -0.396. The Morgan fingerprint density at radius 2 is 1.76 bits per heavy atom. The second-order valence-corrected chi connectivity index (χ2v) is 7.63. The molecule has 8 heteroatoms. The first kappa shape index (κ1) is 19.2. The van der Waals surface area contributed by atoms with E-state index in [-0.39, 0.29) is 18.7 Å². The standard InChI is InChI=1S/C21H25N5O3/c1-12-6-7-13(2)16(10-12)11-25-19(28)17-18(23(5)21(25)29)22-20-24(8-9-27)14(3)15(4)26(17)20/h6-7,10,27H,8-9,11H2,1-5H3. The Bertz CT molecular complexity index is 1380. The molecule has 0 unspecified atom stereocenters. The van der Waals surface area contributed by atoms with Gasteiger partial charge in [0.2, 0.25) is 5.78 Å². The molecule has 0 radical (unpaired) electrons. The van der Waals surface area contributed by atoms with Gasteiger partial charge in [0.25, 0.3) is 5.56 Å². The summed E-state index contributed by atoms with van der Waals surface area (Å²) in [5.41, 5.74) is 4.82. The van der Waals surface area contributed by atoms with E-state index in [0.29, 0.717) is 23.5 Å². The van der Waals surface area contributed by atoms with E-state index in [0.717, 1.165) is 28.1 Å². The lowest BCUT2D eigenvalue weighted by molar-refractivity contribution is 0.276. The molecule has 1 N–H and O–H groups in total. The average Bonchev–Trinajstić information content (AvgIpc) is 3.18. The molecule has 4 rings (SSSR count). The molecular formula is C21H25N5O3. The molecular weight excluding hydrogens is 370 g/mol. The number of hydrogen-bond donors (Lipinski definition) is 1. The van der Waals surface area contributed by atoms with Crippen LogP contribution in [-0.4, -0.2) is 34.8 Å². The zero-order valence-corrected chi connectivity index (χ0v) is 17.4. The van der Waals surface area contributed by atoms with Gasteiger partial charge in [0.05, 0.1) is 13.2 Å². The molecule has 0 saturated carbocycles. The maximum atomic E-state index is 13.4. The van der Waals surface area contributed by atoms with Gasteiger partial charge in [-0.15, -0.1) is 0 Å². The number of benzene rings is 1. The van der Waals surface area contributed by atoms with Crippen LogP contribution in [0, 0.1) is 27.7 Å². The normalized spacial score (nSPS) is 11.8. The summed E-state index contributed by atoms with van der Waals surface area (Å²) in [6.45, 7) is 8.35. The van der Waals surface area contributed by atoms with Crippen LogP contribution in [0.3, 0.4) is 0 Å². The van der Waals surface area contributed by atoms with Gasteiger partial charge in [0.15, 0.2) is 11.2 Å². The van der Waals surface area contributed by atoms with Crippen LogP contribution in [0.4, 0.5) is 0 Å². The molecule has 0 spiro atoms. The van der Waals surface area contributed by atoms with Gasteiger partial charge in [0, 0.05) is 25.0 Å². The van der Waals surface area contributed by atoms with Gasteiger partial charge in [0.1, 0.15) is 0 Å². The van der Waals surface area contributed by atoms with Crippen molar-refractivity contribution in [2.75, 3.05) is 6.61 Å². The Morgan fingerprint density at radius 1 is 1.03 bits per heavy atom. The molecule has 0 aliphatic heterocycles. The summed E-state index contributed by atoms with van der Waals surface area (Å²) >= 11 is 0. The van der Waals surface area contributed by atoms with Crippen molar-refractivity contribution in [1.29, 1.82) is 0 Å². The van der Waals surface area contributed by atoms with E-state index >= 15 is 0 Å². The zero-order valence-electron chi connectivity index (χ0n) is 17.4. The number of aryl methyl sites for hydroxylation is 4. The molecule has 0 atom stereocenters. The van der Waals surface area contributed by atoms with E-state index in [1.54, 1.807) is 11.4 Å². The van der Waals surface area contributed by atoms with Crippen molar-refractivity contribution >= 4 is 16.9 Å². The minimum Gasteiger partial charge on any atom is -0.395 e. The maximum Gasteiger partial charge on any atom is 0.332 e. The Kier molecular flexibility index (Phi) is 4.46. The van der Waals surface area contributed by atoms with Crippen molar-refractivity contribution in [3.63, 3.8) is 0 Å².